The van der Waals surface area contributed by atoms with Gasteiger partial charge in [0.1, 0.15) is 5.82 Å². The molecule has 0 spiro atoms. The predicted octanol–water partition coefficient (Wildman–Crippen LogP) is 2.20. The van der Waals surface area contributed by atoms with Gasteiger partial charge in [-0.1, -0.05) is 20.8 Å². The molecule has 1 fully saturated rings. The fourth-order valence-corrected chi connectivity index (χ4v) is 2.51. The number of rotatable bonds is 3. The van der Waals surface area contributed by atoms with Crippen LogP contribution in [0.4, 0.5) is 4.39 Å². The van der Waals surface area contributed by atoms with E-state index in [0.29, 0.717) is 38.3 Å². The minimum Gasteiger partial charge on any atom is -0.340 e. The van der Waals surface area contributed by atoms with E-state index < -0.39 is 0 Å². The van der Waals surface area contributed by atoms with Gasteiger partial charge < -0.3 is 4.90 Å². The fourth-order valence-electron chi connectivity index (χ4n) is 2.51. The number of nitrogens with zero attached hydrogens (tertiary/aromatic N) is 2. The number of halogens is 1. The van der Waals surface area contributed by atoms with Gasteiger partial charge >= 0.3 is 0 Å². The topological polar surface area (TPSA) is 40.6 Å². The van der Waals surface area contributed by atoms with Crippen molar-refractivity contribution in [3.05, 3.63) is 35.6 Å². The van der Waals surface area contributed by atoms with Crippen LogP contribution in [0.2, 0.25) is 0 Å². The number of ketones is 1. The molecule has 5 heteroatoms. The van der Waals surface area contributed by atoms with Gasteiger partial charge in [0.05, 0.1) is 6.54 Å². The Morgan fingerprint density at radius 2 is 1.59 bits per heavy atom. The number of carbonyl (C=O) groups excluding carboxylic acids is 2. The maximum Gasteiger partial charge on any atom is 0.228 e. The van der Waals surface area contributed by atoms with Crippen LogP contribution in [0.3, 0.4) is 0 Å². The van der Waals surface area contributed by atoms with Gasteiger partial charge in [-0.2, -0.15) is 0 Å². The van der Waals surface area contributed by atoms with Crippen molar-refractivity contribution in [3.63, 3.8) is 0 Å². The number of amides is 1. The van der Waals surface area contributed by atoms with E-state index in [-0.39, 0.29) is 22.9 Å². The summed E-state index contributed by atoms with van der Waals surface area (Å²) in [5.41, 5.74) is 0.154. The lowest BCUT2D eigenvalue weighted by Crippen LogP contribution is -2.52. The summed E-state index contributed by atoms with van der Waals surface area (Å²) in [4.78, 5) is 28.3. The predicted molar refractivity (Wildman–Crippen MR) is 83.2 cm³/mol. The van der Waals surface area contributed by atoms with Crippen LogP contribution in [0.5, 0.6) is 0 Å². The Morgan fingerprint density at radius 1 is 1.05 bits per heavy atom. The van der Waals surface area contributed by atoms with E-state index in [9.17, 15) is 14.0 Å². The van der Waals surface area contributed by atoms with Crippen molar-refractivity contribution in [3.8, 4) is 0 Å². The molecule has 0 bridgehead atoms. The van der Waals surface area contributed by atoms with E-state index in [1.54, 1.807) is 0 Å². The monoisotopic (exact) mass is 306 g/mol. The first kappa shape index (κ1) is 16.6. The highest BCUT2D eigenvalue weighted by atomic mass is 19.1. The number of benzene rings is 1. The highest BCUT2D eigenvalue weighted by molar-refractivity contribution is 5.97. The Labute approximate surface area is 130 Å². The Balaban J connectivity index is 1.86. The Morgan fingerprint density at radius 3 is 2.09 bits per heavy atom. The molecule has 120 valence electrons. The molecule has 2 rings (SSSR count). The second kappa shape index (κ2) is 6.57. The van der Waals surface area contributed by atoms with Crippen LogP contribution in [-0.4, -0.2) is 54.2 Å². The molecular weight excluding hydrogens is 283 g/mol. The number of hydrogen-bond donors (Lipinski definition) is 0. The van der Waals surface area contributed by atoms with E-state index in [0.717, 1.165) is 0 Å². The zero-order valence-electron chi connectivity index (χ0n) is 13.4. The number of piperazine rings is 1. The second-order valence-corrected chi connectivity index (χ2v) is 6.75. The van der Waals surface area contributed by atoms with Crippen molar-refractivity contribution in [2.24, 2.45) is 5.41 Å². The van der Waals surface area contributed by atoms with Gasteiger partial charge in [0.2, 0.25) is 5.91 Å². The largest absolute Gasteiger partial charge is 0.340 e. The van der Waals surface area contributed by atoms with Gasteiger partial charge in [-0.05, 0) is 24.3 Å². The summed E-state index contributed by atoms with van der Waals surface area (Å²) in [5, 5.41) is 0. The molecule has 0 radical (unpaired) electrons. The molecular formula is C17H23FN2O2. The van der Waals surface area contributed by atoms with Crippen molar-refractivity contribution in [2.45, 2.75) is 20.8 Å². The number of carbonyl (C=O) groups is 2. The molecule has 1 aliphatic heterocycles. The van der Waals surface area contributed by atoms with Gasteiger partial charge in [0, 0.05) is 37.2 Å². The standard InChI is InChI=1S/C17H23FN2O2/c1-17(2,3)16(22)20-10-8-19(9-11-20)12-15(21)13-4-6-14(18)7-5-13/h4-7H,8-12H2,1-3H3. The first-order valence-corrected chi connectivity index (χ1v) is 7.58. The van der Waals surface area contributed by atoms with Crippen molar-refractivity contribution < 1.29 is 14.0 Å². The summed E-state index contributed by atoms with van der Waals surface area (Å²) in [6.07, 6.45) is 0. The maximum absolute atomic E-state index is 12.9. The van der Waals surface area contributed by atoms with E-state index in [1.165, 1.54) is 24.3 Å². The lowest BCUT2D eigenvalue weighted by atomic mass is 9.94. The van der Waals surface area contributed by atoms with Crippen LogP contribution in [0, 0.1) is 11.2 Å². The summed E-state index contributed by atoms with van der Waals surface area (Å²) in [5.74, 6) is -0.210. The molecule has 1 aromatic rings. The number of Topliss-reactive ketones (excluding diaryl/α,β-unsaturated/α-hetero) is 1. The van der Waals surface area contributed by atoms with E-state index in [1.807, 2.05) is 30.6 Å². The van der Waals surface area contributed by atoms with E-state index in [2.05, 4.69) is 0 Å². The molecule has 0 aromatic heterocycles. The van der Waals surface area contributed by atoms with E-state index >= 15 is 0 Å². The molecule has 1 aromatic carbocycles. The molecule has 4 nitrogen and oxygen atoms in total. The van der Waals surface area contributed by atoms with Crippen LogP contribution in [0.15, 0.2) is 24.3 Å². The first-order valence-electron chi connectivity index (χ1n) is 7.58. The lowest BCUT2D eigenvalue weighted by molar-refractivity contribution is -0.141. The molecule has 1 saturated heterocycles. The SMILES string of the molecule is CC(C)(C)C(=O)N1CCN(CC(=O)c2ccc(F)cc2)CC1. The van der Waals surface area contributed by atoms with Crippen LogP contribution in [0.1, 0.15) is 31.1 Å². The van der Waals surface area contributed by atoms with Crippen LogP contribution in [0.25, 0.3) is 0 Å². The summed E-state index contributed by atoms with van der Waals surface area (Å²) in [7, 11) is 0. The average Bonchev–Trinajstić information content (AvgIpc) is 2.47. The third kappa shape index (κ3) is 4.13. The Bertz CT molecular complexity index is 541. The molecule has 1 heterocycles. The maximum atomic E-state index is 12.9. The summed E-state index contributed by atoms with van der Waals surface area (Å²) < 4.78 is 12.9. The third-order valence-corrected chi connectivity index (χ3v) is 3.83. The summed E-state index contributed by atoms with van der Waals surface area (Å²) in [6, 6.07) is 5.62. The van der Waals surface area contributed by atoms with Crippen molar-refractivity contribution in [1.29, 1.82) is 0 Å². The second-order valence-electron chi connectivity index (χ2n) is 6.75. The molecule has 1 amide bonds. The molecule has 0 atom stereocenters. The normalized spacial score (nSPS) is 16.6. The van der Waals surface area contributed by atoms with Gasteiger partial charge in [-0.15, -0.1) is 0 Å². The first-order chi connectivity index (χ1) is 10.3. The smallest absolute Gasteiger partial charge is 0.228 e. The van der Waals surface area contributed by atoms with Crippen molar-refractivity contribution in [1.82, 2.24) is 9.80 Å². The highest BCUT2D eigenvalue weighted by Crippen LogP contribution is 2.18. The molecule has 0 saturated carbocycles. The fraction of sp³-hybridized carbons (Fsp3) is 0.529. The zero-order valence-corrected chi connectivity index (χ0v) is 13.4. The minimum absolute atomic E-state index is 0.0180. The van der Waals surface area contributed by atoms with Gasteiger partial charge in [0.25, 0.3) is 0 Å². The summed E-state index contributed by atoms with van der Waals surface area (Å²) >= 11 is 0. The zero-order chi connectivity index (χ0) is 16.3. The van der Waals surface area contributed by atoms with Gasteiger partial charge in [-0.3, -0.25) is 14.5 Å². The molecule has 0 N–H and O–H groups in total. The lowest BCUT2D eigenvalue weighted by Gasteiger charge is -2.37. The summed E-state index contributed by atoms with van der Waals surface area (Å²) in [6.45, 7) is 8.73. The van der Waals surface area contributed by atoms with Crippen LogP contribution < -0.4 is 0 Å². The Kier molecular flexibility index (Phi) is 4.96. The van der Waals surface area contributed by atoms with Crippen molar-refractivity contribution in [2.75, 3.05) is 32.7 Å². The molecule has 0 aliphatic carbocycles. The third-order valence-electron chi connectivity index (χ3n) is 3.83. The average molecular weight is 306 g/mol. The van der Waals surface area contributed by atoms with Gasteiger partial charge in [-0.25, -0.2) is 4.39 Å². The van der Waals surface area contributed by atoms with Gasteiger partial charge in [0.15, 0.2) is 5.78 Å². The number of hydrogen-bond acceptors (Lipinski definition) is 3. The molecule has 22 heavy (non-hydrogen) atoms. The molecule has 0 unspecified atom stereocenters. The van der Waals surface area contributed by atoms with Crippen LogP contribution >= 0.6 is 0 Å². The molecule has 1 aliphatic rings. The van der Waals surface area contributed by atoms with Crippen molar-refractivity contribution >= 4 is 11.7 Å². The van der Waals surface area contributed by atoms with E-state index in [4.69, 9.17) is 0 Å². The highest BCUT2D eigenvalue weighted by Gasteiger charge is 2.30. The van der Waals surface area contributed by atoms with Crippen LogP contribution in [-0.2, 0) is 4.79 Å². The minimum atomic E-state index is -0.369. The quantitative estimate of drug-likeness (QED) is 0.804. The Hall–Kier alpha value is -1.75.